The van der Waals surface area contributed by atoms with E-state index in [2.05, 4.69) is 69.5 Å². The van der Waals surface area contributed by atoms with Crippen molar-refractivity contribution < 1.29 is 0 Å². The van der Waals surface area contributed by atoms with Gasteiger partial charge in [-0.3, -0.25) is 14.3 Å². The van der Waals surface area contributed by atoms with Crippen molar-refractivity contribution in [2.45, 2.75) is 19.4 Å². The number of nitrogens with one attached hydrogen (secondary N) is 1. The molecule has 1 atom stereocenters. The van der Waals surface area contributed by atoms with Gasteiger partial charge < -0.3 is 4.98 Å². The molecular weight excluding hydrogens is 474 g/mol. The zero-order chi connectivity index (χ0) is 24.9. The van der Waals surface area contributed by atoms with Gasteiger partial charge in [-0.1, -0.05) is 42.5 Å². The average molecular weight is 500 g/mol. The lowest BCUT2D eigenvalue weighted by Gasteiger charge is -2.14. The summed E-state index contributed by atoms with van der Waals surface area (Å²) in [4.78, 5) is 15.7. The molecule has 2 radical (unpaired) electrons. The molecule has 0 aliphatic carbocycles. The fourth-order valence-electron chi connectivity index (χ4n) is 5.54. The number of nitrogens with zero attached hydrogens (tertiary/aromatic N) is 5. The maximum atomic E-state index is 6.40. The first kappa shape index (κ1) is 22.6. The fraction of sp³-hybridized carbons (Fsp3) is 0.207. The topological polar surface area (TPSA) is 62.6 Å². The summed E-state index contributed by atoms with van der Waals surface area (Å²) in [5, 5.41) is 8.32. The Morgan fingerprint density at radius 3 is 2.70 bits per heavy atom. The monoisotopic (exact) mass is 500 g/mol. The molecule has 1 aliphatic heterocycles. The van der Waals surface area contributed by atoms with Crippen LogP contribution in [0.1, 0.15) is 18.4 Å². The first-order valence-electron chi connectivity index (χ1n) is 12.7. The van der Waals surface area contributed by atoms with Gasteiger partial charge in [0.05, 0.1) is 16.6 Å². The Kier molecular flexibility index (Phi) is 5.56. The molecule has 0 bridgehead atoms. The lowest BCUT2D eigenvalue weighted by atomic mass is 9.99. The van der Waals surface area contributed by atoms with Crippen LogP contribution in [-0.2, 0) is 6.54 Å². The highest BCUT2D eigenvalue weighted by atomic mass is 31.1. The average Bonchev–Trinajstić information content (AvgIpc) is 3.67. The predicted octanol–water partition coefficient (Wildman–Crippen LogP) is 6.35. The van der Waals surface area contributed by atoms with E-state index >= 15 is 0 Å². The third kappa shape index (κ3) is 3.94. The van der Waals surface area contributed by atoms with Crippen molar-refractivity contribution in [3.8, 4) is 22.6 Å². The van der Waals surface area contributed by atoms with E-state index in [9.17, 15) is 0 Å². The molecule has 0 saturated carbocycles. The van der Waals surface area contributed by atoms with Gasteiger partial charge in [-0.15, -0.1) is 0 Å². The first-order valence-corrected chi connectivity index (χ1v) is 14.5. The number of fused-ring (bicyclic) bond motifs is 3. The predicted molar refractivity (Wildman–Crippen MR) is 154 cm³/mol. The molecule has 3 aromatic heterocycles. The summed E-state index contributed by atoms with van der Waals surface area (Å²) in [5.74, 6) is 0.776. The van der Waals surface area contributed by atoms with Crippen LogP contribution in [0.5, 0.6) is 0 Å². The van der Waals surface area contributed by atoms with Crippen LogP contribution in [0.3, 0.4) is 0 Å². The van der Waals surface area contributed by atoms with Crippen LogP contribution in [-0.4, -0.2) is 56.7 Å². The molecule has 4 heterocycles. The molecule has 1 unspecified atom stereocenters. The second-order valence-electron chi connectivity index (χ2n) is 9.83. The third-order valence-electron chi connectivity index (χ3n) is 7.35. The van der Waals surface area contributed by atoms with Gasteiger partial charge in [0.1, 0.15) is 13.3 Å². The Labute approximate surface area is 217 Å². The van der Waals surface area contributed by atoms with E-state index < -0.39 is 7.95 Å². The minimum Gasteiger partial charge on any atom is -0.337 e. The van der Waals surface area contributed by atoms with E-state index in [-0.39, 0.29) is 0 Å². The molecule has 8 heteroatoms. The van der Waals surface area contributed by atoms with Crippen LogP contribution in [0.25, 0.3) is 55.4 Å². The smallest absolute Gasteiger partial charge is 0.159 e. The molecule has 180 valence electrons. The van der Waals surface area contributed by atoms with Crippen molar-refractivity contribution in [3.63, 3.8) is 0 Å². The van der Waals surface area contributed by atoms with Gasteiger partial charge in [0, 0.05) is 35.3 Å². The van der Waals surface area contributed by atoms with E-state index in [1.807, 2.05) is 29.6 Å². The fourth-order valence-corrected chi connectivity index (χ4v) is 6.29. The molecule has 6 nitrogen and oxygen atoms in total. The minimum atomic E-state index is -0.952. The molecular formula is C29H26BN6P. The van der Waals surface area contributed by atoms with E-state index in [0.29, 0.717) is 0 Å². The van der Waals surface area contributed by atoms with Gasteiger partial charge in [0.15, 0.2) is 5.82 Å². The van der Waals surface area contributed by atoms with Gasteiger partial charge in [-0.25, -0.2) is 4.98 Å². The van der Waals surface area contributed by atoms with E-state index in [1.165, 1.54) is 23.8 Å². The summed E-state index contributed by atoms with van der Waals surface area (Å²) < 4.78 is 1.95. The van der Waals surface area contributed by atoms with Crippen LogP contribution in [0.15, 0.2) is 73.1 Å². The van der Waals surface area contributed by atoms with Crippen molar-refractivity contribution in [3.05, 3.63) is 78.6 Å². The maximum absolute atomic E-state index is 6.40. The number of pyridine rings is 1. The van der Waals surface area contributed by atoms with Crippen LogP contribution >= 0.6 is 7.95 Å². The van der Waals surface area contributed by atoms with Gasteiger partial charge in [-0.05, 0) is 75.3 Å². The number of rotatable bonds is 5. The molecule has 1 saturated heterocycles. The van der Waals surface area contributed by atoms with Gasteiger partial charge in [0.25, 0.3) is 0 Å². The molecule has 6 aromatic rings. The molecule has 1 N–H and O–H groups in total. The highest BCUT2D eigenvalue weighted by Crippen LogP contribution is 2.39. The van der Waals surface area contributed by atoms with E-state index in [4.69, 9.17) is 17.6 Å². The quantitative estimate of drug-likeness (QED) is 0.221. The molecule has 0 spiro atoms. The number of para-hydroxylation sites is 1. The molecule has 3 aromatic carbocycles. The summed E-state index contributed by atoms with van der Waals surface area (Å²) in [6.07, 6.45) is 6.40. The number of aromatic amines is 1. The minimum absolute atomic E-state index is 0.776. The maximum Gasteiger partial charge on any atom is 0.159 e. The number of imidazole rings is 1. The van der Waals surface area contributed by atoms with Gasteiger partial charge in [0.2, 0.25) is 0 Å². The van der Waals surface area contributed by atoms with Crippen LogP contribution in [0.4, 0.5) is 0 Å². The Hall–Kier alpha value is -3.54. The van der Waals surface area contributed by atoms with Crippen LogP contribution < -0.4 is 0 Å². The Balaban J connectivity index is 1.39. The van der Waals surface area contributed by atoms with Crippen LogP contribution in [0, 0.1) is 0 Å². The zero-order valence-corrected chi connectivity index (χ0v) is 21.6. The number of aromatic nitrogens is 5. The Morgan fingerprint density at radius 2 is 1.84 bits per heavy atom. The lowest BCUT2D eigenvalue weighted by molar-refractivity contribution is 0.332. The van der Waals surface area contributed by atoms with Crippen molar-refractivity contribution in [2.75, 3.05) is 19.8 Å². The molecule has 0 amide bonds. The highest BCUT2D eigenvalue weighted by molar-refractivity contribution is 7.80. The van der Waals surface area contributed by atoms with Crippen molar-refractivity contribution in [1.82, 2.24) is 29.4 Å². The Morgan fingerprint density at radius 1 is 0.973 bits per heavy atom. The molecule has 37 heavy (non-hydrogen) atoms. The number of benzene rings is 3. The number of hydrogen-bond donors (Lipinski definition) is 1. The largest absolute Gasteiger partial charge is 0.337 e. The Bertz CT molecular complexity index is 1760. The van der Waals surface area contributed by atoms with E-state index in [1.54, 1.807) is 0 Å². The van der Waals surface area contributed by atoms with Crippen molar-refractivity contribution in [2.24, 2.45) is 0 Å². The first-order chi connectivity index (χ1) is 18.2. The molecule has 1 fully saturated rings. The molecule has 7 rings (SSSR count). The SMILES string of the molecule is [B]P(C)n1nc(-c2nc3c(CN4CCCC4)cccc3[nH]2)c2cc(-c3cncc4ccccc34)ccc21. The third-order valence-corrected chi connectivity index (χ3v) is 8.26. The standard InChI is InChI=1S/C29H26BN6P/c1-37(30)36-26-12-11-19(24-17-31-16-20-7-2-3-9-22(20)24)15-23(26)28(34-36)29-32-25-10-6-8-21(27(25)33-29)18-35-13-4-5-14-35/h2-3,6-12,15-17H,4-5,13-14,18H2,1H3,(H,32,33). The van der Waals surface area contributed by atoms with E-state index in [0.717, 1.165) is 69.6 Å². The second kappa shape index (κ2) is 9.09. The second-order valence-corrected chi connectivity index (χ2v) is 11.4. The summed E-state index contributed by atoms with van der Waals surface area (Å²) >= 11 is 0. The molecule has 1 aliphatic rings. The highest BCUT2D eigenvalue weighted by Gasteiger charge is 2.20. The van der Waals surface area contributed by atoms with Crippen molar-refractivity contribution >= 4 is 48.2 Å². The summed E-state index contributed by atoms with van der Waals surface area (Å²) in [6.45, 7) is 5.26. The number of H-pyrrole nitrogens is 1. The number of likely N-dealkylation sites (tertiary alicyclic amines) is 1. The summed E-state index contributed by atoms with van der Waals surface area (Å²) in [6, 6.07) is 21.2. The zero-order valence-electron chi connectivity index (χ0n) is 20.7. The normalized spacial score (nSPS) is 15.3. The lowest BCUT2D eigenvalue weighted by Crippen LogP contribution is -2.18. The van der Waals surface area contributed by atoms with Gasteiger partial charge in [-0.2, -0.15) is 5.10 Å². The summed E-state index contributed by atoms with van der Waals surface area (Å²) in [5.41, 5.74) is 7.35. The van der Waals surface area contributed by atoms with Crippen molar-refractivity contribution in [1.29, 1.82) is 0 Å². The summed E-state index contributed by atoms with van der Waals surface area (Å²) in [7, 11) is 5.45. The van der Waals surface area contributed by atoms with Crippen LogP contribution in [0.2, 0.25) is 0 Å². The van der Waals surface area contributed by atoms with Gasteiger partial charge >= 0.3 is 0 Å². The number of hydrogen-bond acceptors (Lipinski definition) is 4.